The highest BCUT2D eigenvalue weighted by Crippen LogP contribution is 2.17. The molecule has 0 aliphatic carbocycles. The van der Waals surface area contributed by atoms with Crippen molar-refractivity contribution in [1.82, 2.24) is 14.9 Å². The Bertz CT molecular complexity index is 429. The minimum Gasteiger partial charge on any atom is -0.465 e. The first-order chi connectivity index (χ1) is 9.44. The fourth-order valence-corrected chi connectivity index (χ4v) is 2.23. The summed E-state index contributed by atoms with van der Waals surface area (Å²) in [6.07, 6.45) is 5.46. The quantitative estimate of drug-likeness (QED) is 0.743. The number of nitrogens with zero attached hydrogens (tertiary/aromatic N) is 2. The van der Waals surface area contributed by atoms with Crippen LogP contribution in [0.4, 0.5) is 0 Å². The molecule has 0 aromatic carbocycles. The van der Waals surface area contributed by atoms with Crippen molar-refractivity contribution >= 4 is 5.97 Å². The Morgan fingerprint density at radius 1 is 1.55 bits per heavy atom. The Kier molecular flexibility index (Phi) is 6.20. The van der Waals surface area contributed by atoms with Crippen LogP contribution in [0.3, 0.4) is 0 Å². The number of carbonyl (C=O) groups excluding carboxylic acids is 1. The maximum Gasteiger partial charge on any atom is 0.326 e. The van der Waals surface area contributed by atoms with Crippen LogP contribution >= 0.6 is 0 Å². The average molecular weight is 281 g/mol. The minimum atomic E-state index is -0.616. The molecule has 1 unspecified atom stereocenters. The van der Waals surface area contributed by atoms with Gasteiger partial charge in [0.25, 0.3) is 0 Å². The third-order valence-electron chi connectivity index (χ3n) is 3.62. The predicted molar refractivity (Wildman–Crippen MR) is 79.6 cm³/mol. The van der Waals surface area contributed by atoms with Crippen LogP contribution < -0.4 is 5.32 Å². The van der Waals surface area contributed by atoms with E-state index in [0.717, 1.165) is 25.2 Å². The smallest absolute Gasteiger partial charge is 0.326 e. The van der Waals surface area contributed by atoms with Gasteiger partial charge in [-0.25, -0.2) is 4.98 Å². The van der Waals surface area contributed by atoms with Crippen LogP contribution in [0.1, 0.15) is 52.3 Å². The maximum absolute atomic E-state index is 12.0. The Morgan fingerprint density at radius 3 is 2.80 bits per heavy atom. The topological polar surface area (TPSA) is 56.2 Å². The van der Waals surface area contributed by atoms with Gasteiger partial charge in [-0.05, 0) is 33.7 Å². The van der Waals surface area contributed by atoms with E-state index in [0.29, 0.717) is 12.5 Å². The zero-order chi connectivity index (χ0) is 15.2. The monoisotopic (exact) mass is 281 g/mol. The van der Waals surface area contributed by atoms with Crippen LogP contribution in [-0.2, 0) is 16.1 Å². The second kappa shape index (κ2) is 7.43. The van der Waals surface area contributed by atoms with Gasteiger partial charge in [0.2, 0.25) is 0 Å². The molecule has 1 heterocycles. The number of aryl methyl sites for hydroxylation is 1. The number of imidazole rings is 1. The summed E-state index contributed by atoms with van der Waals surface area (Å²) in [4.78, 5) is 16.3. The van der Waals surface area contributed by atoms with E-state index in [-0.39, 0.29) is 5.97 Å². The molecule has 0 bridgehead atoms. The van der Waals surface area contributed by atoms with Gasteiger partial charge in [-0.15, -0.1) is 0 Å². The first-order valence-electron chi connectivity index (χ1n) is 7.31. The Balaban J connectivity index is 2.57. The highest BCUT2D eigenvalue weighted by molar-refractivity contribution is 5.80. The molecule has 0 amide bonds. The number of rotatable bonds is 8. The lowest BCUT2D eigenvalue weighted by Crippen LogP contribution is -2.48. The number of hydrogen-bond donors (Lipinski definition) is 1. The molecule has 114 valence electrons. The van der Waals surface area contributed by atoms with Crippen molar-refractivity contribution in [1.29, 1.82) is 0 Å². The number of hydrogen-bond acceptors (Lipinski definition) is 4. The van der Waals surface area contributed by atoms with Gasteiger partial charge in [0.05, 0.1) is 6.61 Å². The van der Waals surface area contributed by atoms with Crippen molar-refractivity contribution in [3.8, 4) is 0 Å². The van der Waals surface area contributed by atoms with Crippen molar-refractivity contribution in [2.75, 3.05) is 13.7 Å². The van der Waals surface area contributed by atoms with Crippen LogP contribution in [0.2, 0.25) is 0 Å². The molecular weight excluding hydrogens is 254 g/mol. The third kappa shape index (κ3) is 4.07. The summed E-state index contributed by atoms with van der Waals surface area (Å²) in [5, 5.41) is 3.08. The van der Waals surface area contributed by atoms with E-state index < -0.39 is 5.54 Å². The number of esters is 1. The van der Waals surface area contributed by atoms with Crippen LogP contribution in [0.25, 0.3) is 0 Å². The summed E-state index contributed by atoms with van der Waals surface area (Å²) in [5.74, 6) is 1.32. The van der Waals surface area contributed by atoms with Crippen molar-refractivity contribution in [2.45, 2.75) is 58.5 Å². The minimum absolute atomic E-state index is 0.183. The summed E-state index contributed by atoms with van der Waals surface area (Å²) < 4.78 is 7.29. The Hall–Kier alpha value is -1.36. The van der Waals surface area contributed by atoms with Gasteiger partial charge in [-0.1, -0.05) is 13.8 Å². The van der Waals surface area contributed by atoms with Crippen molar-refractivity contribution < 1.29 is 9.53 Å². The van der Waals surface area contributed by atoms with Crippen LogP contribution in [0.15, 0.2) is 12.4 Å². The Labute approximate surface area is 121 Å². The van der Waals surface area contributed by atoms with Crippen molar-refractivity contribution in [3.05, 3.63) is 18.2 Å². The van der Waals surface area contributed by atoms with Crippen LogP contribution in [0.5, 0.6) is 0 Å². The van der Waals surface area contributed by atoms with Crippen molar-refractivity contribution in [2.24, 2.45) is 0 Å². The molecule has 0 fully saturated rings. The van der Waals surface area contributed by atoms with Gasteiger partial charge in [0.15, 0.2) is 0 Å². The molecule has 0 saturated carbocycles. The van der Waals surface area contributed by atoms with Gasteiger partial charge in [-0.3, -0.25) is 4.79 Å². The standard InChI is InChI=1S/C15H27N3O2/c1-6-20-14(19)15(4,16-5)8-7-10-18-11-9-17-13(18)12(2)3/h9,11-12,16H,6-8,10H2,1-5H3. The van der Waals surface area contributed by atoms with Gasteiger partial charge >= 0.3 is 5.97 Å². The van der Waals surface area contributed by atoms with E-state index in [4.69, 9.17) is 4.74 Å². The lowest BCUT2D eigenvalue weighted by Gasteiger charge is -2.26. The second-order valence-corrected chi connectivity index (χ2v) is 5.54. The lowest BCUT2D eigenvalue weighted by atomic mass is 9.96. The van der Waals surface area contributed by atoms with E-state index in [9.17, 15) is 4.79 Å². The number of likely N-dealkylation sites (N-methyl/N-ethyl adjacent to an activating group) is 1. The molecule has 20 heavy (non-hydrogen) atoms. The maximum atomic E-state index is 12.0. The van der Waals surface area contributed by atoms with Gasteiger partial charge in [-0.2, -0.15) is 0 Å². The molecule has 0 radical (unpaired) electrons. The predicted octanol–water partition coefficient (Wildman–Crippen LogP) is 2.33. The van der Waals surface area contributed by atoms with Gasteiger partial charge in [0, 0.05) is 24.9 Å². The molecule has 0 saturated heterocycles. The normalized spacial score (nSPS) is 14.3. The van der Waals surface area contributed by atoms with Gasteiger partial charge < -0.3 is 14.6 Å². The van der Waals surface area contributed by atoms with E-state index in [1.165, 1.54) is 0 Å². The molecule has 1 atom stereocenters. The first-order valence-corrected chi connectivity index (χ1v) is 7.31. The average Bonchev–Trinajstić information content (AvgIpc) is 2.87. The number of carbonyl (C=O) groups is 1. The fraction of sp³-hybridized carbons (Fsp3) is 0.733. The third-order valence-corrected chi connectivity index (χ3v) is 3.62. The molecule has 0 spiro atoms. The first kappa shape index (κ1) is 16.7. The van der Waals surface area contributed by atoms with E-state index in [1.54, 1.807) is 7.05 Å². The molecule has 1 aromatic rings. The van der Waals surface area contributed by atoms with E-state index in [2.05, 4.69) is 28.7 Å². The molecule has 1 rings (SSSR count). The molecule has 1 aromatic heterocycles. The molecule has 0 aliphatic heterocycles. The molecule has 5 heteroatoms. The largest absolute Gasteiger partial charge is 0.465 e. The summed E-state index contributed by atoms with van der Waals surface area (Å²) in [7, 11) is 1.80. The van der Waals surface area contributed by atoms with E-state index >= 15 is 0 Å². The zero-order valence-corrected chi connectivity index (χ0v) is 13.3. The molecule has 5 nitrogen and oxygen atoms in total. The highest BCUT2D eigenvalue weighted by atomic mass is 16.5. The second-order valence-electron chi connectivity index (χ2n) is 5.54. The summed E-state index contributed by atoms with van der Waals surface area (Å²) in [6, 6.07) is 0. The molecule has 0 aliphatic rings. The summed E-state index contributed by atoms with van der Waals surface area (Å²) >= 11 is 0. The van der Waals surface area contributed by atoms with Crippen LogP contribution in [-0.4, -0.2) is 34.7 Å². The number of nitrogens with one attached hydrogen (secondary N) is 1. The van der Waals surface area contributed by atoms with Gasteiger partial charge in [0.1, 0.15) is 11.4 Å². The molecular formula is C15H27N3O2. The van der Waals surface area contributed by atoms with Crippen LogP contribution in [0, 0.1) is 0 Å². The summed E-state index contributed by atoms with van der Waals surface area (Å²) in [6.45, 7) is 9.26. The zero-order valence-electron chi connectivity index (χ0n) is 13.3. The fourth-order valence-electron chi connectivity index (χ4n) is 2.23. The van der Waals surface area contributed by atoms with Crippen molar-refractivity contribution in [3.63, 3.8) is 0 Å². The summed E-state index contributed by atoms with van der Waals surface area (Å²) in [5.41, 5.74) is -0.616. The molecule has 1 N–H and O–H groups in total. The van der Waals surface area contributed by atoms with E-state index in [1.807, 2.05) is 26.2 Å². The SMILES string of the molecule is CCOC(=O)C(C)(CCCn1ccnc1C(C)C)NC. The lowest BCUT2D eigenvalue weighted by molar-refractivity contribution is -0.150. The number of ether oxygens (including phenoxy) is 1. The Morgan fingerprint density at radius 2 is 2.25 bits per heavy atom. The number of aromatic nitrogens is 2. The highest BCUT2D eigenvalue weighted by Gasteiger charge is 2.32.